The highest BCUT2D eigenvalue weighted by Crippen LogP contribution is 2.17. The minimum absolute atomic E-state index is 0.148. The van der Waals surface area contributed by atoms with E-state index in [1.165, 1.54) is 18.3 Å². The molecule has 4 nitrogen and oxygen atoms in total. The van der Waals surface area contributed by atoms with Crippen LogP contribution in [0.5, 0.6) is 0 Å². The van der Waals surface area contributed by atoms with Crippen LogP contribution in [0.4, 0.5) is 10.1 Å². The van der Waals surface area contributed by atoms with E-state index in [4.69, 9.17) is 4.74 Å². The Morgan fingerprint density at radius 3 is 3.00 bits per heavy atom. The summed E-state index contributed by atoms with van der Waals surface area (Å²) in [7, 11) is 0. The van der Waals surface area contributed by atoms with Crippen LogP contribution in [0.2, 0.25) is 0 Å². The van der Waals surface area contributed by atoms with E-state index in [-0.39, 0.29) is 4.60 Å². The molecule has 0 radical (unpaired) electrons. The van der Waals surface area contributed by atoms with Crippen LogP contribution in [0, 0.1) is 5.82 Å². The van der Waals surface area contributed by atoms with Gasteiger partial charge in [-0.05, 0) is 29.8 Å². The van der Waals surface area contributed by atoms with Crippen LogP contribution in [0.15, 0.2) is 28.6 Å². The molecule has 1 aromatic rings. The molecule has 92 valence electrons. The lowest BCUT2D eigenvalue weighted by molar-refractivity contribution is -0.137. The maximum Gasteiger partial charge on any atom is 0.332 e. The summed E-state index contributed by atoms with van der Waals surface area (Å²) >= 11 is 2.95. The number of esters is 1. The molecule has 1 heterocycles. The number of carbonyl (C=O) groups excluding carboxylic acids is 1. The molecule has 0 fully saturated rings. The molecule has 17 heavy (non-hydrogen) atoms. The van der Waals surface area contributed by atoms with Gasteiger partial charge in [-0.25, -0.2) is 14.2 Å². The number of ether oxygens (including phenoxy) is 1. The molecular weight excluding hydrogens is 291 g/mol. The number of hydrogen-bond donors (Lipinski definition) is 1. The summed E-state index contributed by atoms with van der Waals surface area (Å²) in [6, 6.07) is 1.28. The van der Waals surface area contributed by atoms with Crippen LogP contribution in [0.25, 0.3) is 0 Å². The average molecular weight is 303 g/mol. The van der Waals surface area contributed by atoms with Gasteiger partial charge >= 0.3 is 5.97 Å². The van der Waals surface area contributed by atoms with Crippen molar-refractivity contribution >= 4 is 27.6 Å². The first-order valence-corrected chi connectivity index (χ1v) is 5.75. The molecule has 6 heteroatoms. The Kier molecular flexibility index (Phi) is 5.09. The van der Waals surface area contributed by atoms with E-state index in [1.54, 1.807) is 13.8 Å². The summed E-state index contributed by atoms with van der Waals surface area (Å²) < 4.78 is 18.0. The van der Waals surface area contributed by atoms with Gasteiger partial charge in [0.1, 0.15) is 4.60 Å². The number of anilines is 1. The molecule has 0 bridgehead atoms. The molecular formula is C11H12BrFN2O2. The second-order valence-electron chi connectivity index (χ2n) is 3.20. The Bertz CT molecular complexity index is 449. The Morgan fingerprint density at radius 2 is 2.41 bits per heavy atom. The molecule has 0 aromatic carbocycles. The lowest BCUT2D eigenvalue weighted by Crippen LogP contribution is -2.04. The van der Waals surface area contributed by atoms with E-state index in [0.29, 0.717) is 18.0 Å². The van der Waals surface area contributed by atoms with Gasteiger partial charge in [0.2, 0.25) is 0 Å². The maximum absolute atomic E-state index is 13.2. The number of halogens is 2. The van der Waals surface area contributed by atoms with Gasteiger partial charge in [-0.1, -0.05) is 0 Å². The van der Waals surface area contributed by atoms with E-state index >= 15 is 0 Å². The number of pyridine rings is 1. The molecule has 1 rings (SSSR count). The number of hydrogen-bond acceptors (Lipinski definition) is 4. The quantitative estimate of drug-likeness (QED) is 0.528. The van der Waals surface area contributed by atoms with E-state index < -0.39 is 11.8 Å². The smallest absolute Gasteiger partial charge is 0.332 e. The van der Waals surface area contributed by atoms with E-state index in [1.807, 2.05) is 0 Å². The van der Waals surface area contributed by atoms with E-state index in [9.17, 15) is 9.18 Å². The zero-order valence-electron chi connectivity index (χ0n) is 9.46. The minimum Gasteiger partial charge on any atom is -0.463 e. The minimum atomic E-state index is -0.473. The van der Waals surface area contributed by atoms with E-state index in [0.717, 1.165) is 0 Å². The fraction of sp³-hybridized carbons (Fsp3) is 0.273. The van der Waals surface area contributed by atoms with E-state index in [2.05, 4.69) is 26.2 Å². The van der Waals surface area contributed by atoms with Gasteiger partial charge in [-0.15, -0.1) is 0 Å². The van der Waals surface area contributed by atoms with Crippen molar-refractivity contribution in [2.75, 3.05) is 11.9 Å². The molecule has 0 spiro atoms. The summed E-state index contributed by atoms with van der Waals surface area (Å²) in [5.41, 5.74) is 1.01. The van der Waals surface area contributed by atoms with Crippen molar-refractivity contribution in [2.24, 2.45) is 0 Å². The Labute approximate surface area is 107 Å². The standard InChI is InChI=1S/C11H12BrFN2O2/c1-3-17-10(16)4-7(2)15-8-5-9(13)11(12)14-6-8/h4-6,15H,3H2,1-2H3. The normalized spacial score (nSPS) is 11.2. The number of rotatable bonds is 4. The van der Waals surface area contributed by atoms with Crippen molar-refractivity contribution < 1.29 is 13.9 Å². The highest BCUT2D eigenvalue weighted by atomic mass is 79.9. The van der Waals surface area contributed by atoms with Crippen LogP contribution in [0.3, 0.4) is 0 Å². The number of nitrogens with one attached hydrogen (secondary N) is 1. The zero-order valence-corrected chi connectivity index (χ0v) is 11.0. The van der Waals surface area contributed by atoms with Gasteiger partial charge in [0, 0.05) is 17.8 Å². The SMILES string of the molecule is CCOC(=O)C=C(C)Nc1cnc(Br)c(F)c1. The lowest BCUT2D eigenvalue weighted by atomic mass is 10.3. The van der Waals surface area contributed by atoms with Crippen molar-refractivity contribution in [3.63, 3.8) is 0 Å². The third kappa shape index (κ3) is 4.52. The fourth-order valence-corrected chi connectivity index (χ4v) is 1.33. The molecule has 1 N–H and O–H groups in total. The van der Waals surface area contributed by atoms with Gasteiger partial charge in [0.15, 0.2) is 5.82 Å². The molecule has 0 unspecified atom stereocenters. The third-order valence-corrected chi connectivity index (χ3v) is 2.34. The number of allylic oxidation sites excluding steroid dienone is 1. The highest BCUT2D eigenvalue weighted by molar-refractivity contribution is 9.10. The Balaban J connectivity index is 2.70. The topological polar surface area (TPSA) is 51.2 Å². The maximum atomic E-state index is 13.2. The van der Waals surface area contributed by atoms with Crippen LogP contribution >= 0.6 is 15.9 Å². The number of carbonyl (C=O) groups is 1. The molecule has 0 aliphatic carbocycles. The first-order valence-electron chi connectivity index (χ1n) is 4.96. The third-order valence-electron chi connectivity index (χ3n) is 1.76. The zero-order chi connectivity index (χ0) is 12.8. The van der Waals surface area contributed by atoms with Crippen LogP contribution in [-0.4, -0.2) is 17.6 Å². The van der Waals surface area contributed by atoms with Crippen LogP contribution in [-0.2, 0) is 9.53 Å². The molecule has 0 atom stereocenters. The van der Waals surface area contributed by atoms with Gasteiger partial charge < -0.3 is 10.1 Å². The first-order chi connectivity index (χ1) is 8.02. The summed E-state index contributed by atoms with van der Waals surface area (Å²) in [6.45, 7) is 3.72. The summed E-state index contributed by atoms with van der Waals surface area (Å²) in [5.74, 6) is -0.915. The molecule has 0 saturated carbocycles. The lowest BCUT2D eigenvalue weighted by Gasteiger charge is -2.06. The Morgan fingerprint density at radius 1 is 1.71 bits per heavy atom. The van der Waals surface area contributed by atoms with Crippen molar-refractivity contribution in [3.8, 4) is 0 Å². The van der Waals surface area contributed by atoms with Crippen LogP contribution in [0.1, 0.15) is 13.8 Å². The predicted octanol–water partition coefficient (Wildman–Crippen LogP) is 2.86. The monoisotopic (exact) mass is 302 g/mol. The van der Waals surface area contributed by atoms with Crippen molar-refractivity contribution in [1.82, 2.24) is 4.98 Å². The van der Waals surface area contributed by atoms with Gasteiger partial charge in [-0.3, -0.25) is 0 Å². The molecule has 0 amide bonds. The molecule has 0 saturated heterocycles. The second-order valence-corrected chi connectivity index (χ2v) is 3.95. The van der Waals surface area contributed by atoms with Crippen molar-refractivity contribution in [1.29, 1.82) is 0 Å². The van der Waals surface area contributed by atoms with Crippen molar-refractivity contribution in [2.45, 2.75) is 13.8 Å². The van der Waals surface area contributed by atoms with Gasteiger partial charge in [0.05, 0.1) is 18.5 Å². The molecule has 0 aliphatic rings. The number of aromatic nitrogens is 1. The average Bonchev–Trinajstić information content (AvgIpc) is 2.23. The second kappa shape index (κ2) is 6.34. The van der Waals surface area contributed by atoms with Gasteiger partial charge in [0.25, 0.3) is 0 Å². The van der Waals surface area contributed by atoms with Crippen molar-refractivity contribution in [3.05, 3.63) is 34.5 Å². The summed E-state index contributed by atoms with van der Waals surface area (Å²) in [4.78, 5) is 14.9. The van der Waals surface area contributed by atoms with Gasteiger partial charge in [-0.2, -0.15) is 0 Å². The van der Waals surface area contributed by atoms with Crippen LogP contribution < -0.4 is 5.32 Å². The largest absolute Gasteiger partial charge is 0.463 e. The summed E-state index contributed by atoms with van der Waals surface area (Å²) in [5, 5.41) is 2.84. The highest BCUT2D eigenvalue weighted by Gasteiger charge is 2.03. The fourth-order valence-electron chi connectivity index (χ4n) is 1.11. The molecule has 1 aromatic heterocycles. The Hall–Kier alpha value is -1.43. The molecule has 0 aliphatic heterocycles. The first kappa shape index (κ1) is 13.6. The predicted molar refractivity (Wildman–Crippen MR) is 65.9 cm³/mol. The summed E-state index contributed by atoms with van der Waals surface area (Å²) in [6.07, 6.45) is 2.75. The number of nitrogens with zero attached hydrogens (tertiary/aromatic N) is 1.